The molecule has 5 heteroatoms. The lowest BCUT2D eigenvalue weighted by Gasteiger charge is -2.22. The lowest BCUT2D eigenvalue weighted by Crippen LogP contribution is -2.38. The maximum absolute atomic E-state index is 12.6. The molecule has 0 unspecified atom stereocenters. The Morgan fingerprint density at radius 3 is 2.48 bits per heavy atom. The fraction of sp³-hybridized carbons (Fsp3) is 0.556. The molecule has 0 spiro atoms. The van der Waals surface area contributed by atoms with Crippen LogP contribution in [0.3, 0.4) is 0 Å². The molecule has 0 aromatic heterocycles. The summed E-state index contributed by atoms with van der Waals surface area (Å²) in [5.74, 6) is 0.127. The van der Waals surface area contributed by atoms with Gasteiger partial charge in [0.1, 0.15) is 0 Å². The summed E-state index contributed by atoms with van der Waals surface area (Å²) in [6.45, 7) is 8.73. The number of benzene rings is 1. The molecule has 23 heavy (non-hydrogen) atoms. The van der Waals surface area contributed by atoms with Crippen LogP contribution in [-0.2, 0) is 16.0 Å². The summed E-state index contributed by atoms with van der Waals surface area (Å²) in [6.07, 6.45) is 0.930. The van der Waals surface area contributed by atoms with Gasteiger partial charge in [-0.3, -0.25) is 4.79 Å². The number of hydrogen-bond donors (Lipinski definition) is 0. The second kappa shape index (κ2) is 7.99. The van der Waals surface area contributed by atoms with Gasteiger partial charge in [-0.15, -0.1) is 0 Å². The van der Waals surface area contributed by atoms with Crippen molar-refractivity contribution in [3.63, 3.8) is 0 Å². The fourth-order valence-corrected chi connectivity index (χ4v) is 2.88. The van der Waals surface area contributed by atoms with Gasteiger partial charge in [-0.05, 0) is 38.3 Å². The second-order valence-corrected chi connectivity index (χ2v) is 6.03. The molecule has 1 aliphatic rings. The highest BCUT2D eigenvalue weighted by Crippen LogP contribution is 2.13. The van der Waals surface area contributed by atoms with Gasteiger partial charge >= 0.3 is 6.09 Å². The van der Waals surface area contributed by atoms with Crippen LogP contribution in [0, 0.1) is 13.8 Å². The molecule has 126 valence electrons. The van der Waals surface area contributed by atoms with E-state index in [1.807, 2.05) is 24.0 Å². The first kappa shape index (κ1) is 17.3. The average Bonchev–Trinajstić information content (AvgIpc) is 2.76. The molecule has 0 N–H and O–H groups in total. The van der Waals surface area contributed by atoms with E-state index < -0.39 is 0 Å². The van der Waals surface area contributed by atoms with Crippen molar-refractivity contribution in [3.05, 3.63) is 34.9 Å². The minimum Gasteiger partial charge on any atom is -0.450 e. The van der Waals surface area contributed by atoms with Gasteiger partial charge < -0.3 is 14.5 Å². The summed E-state index contributed by atoms with van der Waals surface area (Å²) in [5, 5.41) is 0. The SMILES string of the molecule is CCOC(=O)N1CCCN(C(=O)Cc2ccc(C)cc2C)CC1. The summed E-state index contributed by atoms with van der Waals surface area (Å²) in [4.78, 5) is 27.9. The smallest absolute Gasteiger partial charge is 0.409 e. The Morgan fingerprint density at radius 1 is 1.09 bits per heavy atom. The second-order valence-electron chi connectivity index (χ2n) is 6.03. The standard InChI is InChI=1S/C18H26N2O3/c1-4-23-18(22)20-9-5-8-19(10-11-20)17(21)13-16-7-6-14(2)12-15(16)3/h6-7,12H,4-5,8-11,13H2,1-3H3. The Labute approximate surface area is 138 Å². The maximum Gasteiger partial charge on any atom is 0.409 e. The van der Waals surface area contributed by atoms with Crippen LogP contribution < -0.4 is 0 Å². The van der Waals surface area contributed by atoms with Crippen molar-refractivity contribution in [3.8, 4) is 0 Å². The van der Waals surface area contributed by atoms with Crippen LogP contribution in [0.2, 0.25) is 0 Å². The third-order valence-electron chi connectivity index (χ3n) is 4.21. The number of aryl methyl sites for hydroxylation is 2. The molecule has 1 saturated heterocycles. The van der Waals surface area contributed by atoms with Crippen LogP contribution >= 0.6 is 0 Å². The van der Waals surface area contributed by atoms with Crippen LogP contribution in [0.15, 0.2) is 18.2 Å². The van der Waals surface area contributed by atoms with Gasteiger partial charge in [-0.1, -0.05) is 23.8 Å². The molecule has 5 nitrogen and oxygen atoms in total. The zero-order valence-corrected chi connectivity index (χ0v) is 14.3. The van der Waals surface area contributed by atoms with Gasteiger partial charge in [0.15, 0.2) is 0 Å². The molecule has 0 radical (unpaired) electrons. The largest absolute Gasteiger partial charge is 0.450 e. The highest BCUT2D eigenvalue weighted by atomic mass is 16.6. The van der Waals surface area contributed by atoms with E-state index >= 15 is 0 Å². The van der Waals surface area contributed by atoms with Gasteiger partial charge in [0.25, 0.3) is 0 Å². The van der Waals surface area contributed by atoms with E-state index in [1.54, 1.807) is 11.8 Å². The Balaban J connectivity index is 1.94. The molecule has 1 aliphatic heterocycles. The van der Waals surface area contributed by atoms with Gasteiger partial charge in [-0.2, -0.15) is 0 Å². The summed E-state index contributed by atoms with van der Waals surface area (Å²) in [5.41, 5.74) is 3.44. The third-order valence-corrected chi connectivity index (χ3v) is 4.21. The van der Waals surface area contributed by atoms with Crippen molar-refractivity contribution in [1.29, 1.82) is 0 Å². The van der Waals surface area contributed by atoms with Gasteiger partial charge in [-0.25, -0.2) is 4.79 Å². The van der Waals surface area contributed by atoms with E-state index in [9.17, 15) is 9.59 Å². The topological polar surface area (TPSA) is 49.9 Å². The van der Waals surface area contributed by atoms with Crippen LogP contribution in [0.1, 0.15) is 30.0 Å². The van der Waals surface area contributed by atoms with E-state index in [-0.39, 0.29) is 12.0 Å². The number of hydrogen-bond acceptors (Lipinski definition) is 3. The molecule has 0 atom stereocenters. The molecular formula is C18H26N2O3. The Hall–Kier alpha value is -2.04. The van der Waals surface area contributed by atoms with Crippen molar-refractivity contribution in [1.82, 2.24) is 9.80 Å². The van der Waals surface area contributed by atoms with Crippen LogP contribution in [0.4, 0.5) is 4.79 Å². The molecule has 0 saturated carbocycles. The molecular weight excluding hydrogens is 292 g/mol. The van der Waals surface area contributed by atoms with Crippen LogP contribution in [0.25, 0.3) is 0 Å². The van der Waals surface area contributed by atoms with E-state index in [2.05, 4.69) is 13.0 Å². The monoisotopic (exact) mass is 318 g/mol. The molecule has 0 aliphatic carbocycles. The van der Waals surface area contributed by atoms with Crippen molar-refractivity contribution in [2.75, 3.05) is 32.8 Å². The van der Waals surface area contributed by atoms with Crippen molar-refractivity contribution in [2.45, 2.75) is 33.6 Å². The molecule has 1 heterocycles. The number of carbonyl (C=O) groups excluding carboxylic acids is 2. The zero-order chi connectivity index (χ0) is 16.8. The average molecular weight is 318 g/mol. The summed E-state index contributed by atoms with van der Waals surface area (Å²) in [7, 11) is 0. The number of carbonyl (C=O) groups is 2. The lowest BCUT2D eigenvalue weighted by molar-refractivity contribution is -0.130. The minimum atomic E-state index is -0.281. The zero-order valence-electron chi connectivity index (χ0n) is 14.3. The first-order valence-corrected chi connectivity index (χ1v) is 8.27. The van der Waals surface area contributed by atoms with Gasteiger partial charge in [0.05, 0.1) is 13.0 Å². The first-order valence-electron chi connectivity index (χ1n) is 8.27. The molecule has 2 rings (SSSR count). The molecule has 1 aromatic carbocycles. The first-order chi connectivity index (χ1) is 11.0. The number of nitrogens with zero attached hydrogens (tertiary/aromatic N) is 2. The fourth-order valence-electron chi connectivity index (χ4n) is 2.88. The minimum absolute atomic E-state index is 0.127. The normalized spacial score (nSPS) is 15.3. The van der Waals surface area contributed by atoms with E-state index in [0.29, 0.717) is 39.2 Å². The van der Waals surface area contributed by atoms with Crippen molar-refractivity contribution >= 4 is 12.0 Å². The Morgan fingerprint density at radius 2 is 1.78 bits per heavy atom. The lowest BCUT2D eigenvalue weighted by atomic mass is 10.0. The summed E-state index contributed by atoms with van der Waals surface area (Å²) in [6, 6.07) is 6.18. The van der Waals surface area contributed by atoms with Gasteiger partial charge in [0.2, 0.25) is 5.91 Å². The van der Waals surface area contributed by atoms with Crippen molar-refractivity contribution in [2.24, 2.45) is 0 Å². The molecule has 2 amide bonds. The van der Waals surface area contributed by atoms with E-state index in [1.165, 1.54) is 5.56 Å². The molecule has 1 aromatic rings. The predicted molar refractivity (Wildman–Crippen MR) is 89.4 cm³/mol. The number of rotatable bonds is 3. The molecule has 1 fully saturated rings. The van der Waals surface area contributed by atoms with Crippen LogP contribution in [-0.4, -0.2) is 54.6 Å². The van der Waals surface area contributed by atoms with Crippen LogP contribution in [0.5, 0.6) is 0 Å². The number of ether oxygens (including phenoxy) is 1. The quantitative estimate of drug-likeness (QED) is 0.860. The highest BCUT2D eigenvalue weighted by Gasteiger charge is 2.22. The van der Waals surface area contributed by atoms with Crippen molar-refractivity contribution < 1.29 is 14.3 Å². The Kier molecular flexibility index (Phi) is 6.02. The predicted octanol–water partition coefficient (Wildman–Crippen LogP) is 2.54. The van der Waals surface area contributed by atoms with Gasteiger partial charge in [0, 0.05) is 26.2 Å². The van der Waals surface area contributed by atoms with E-state index in [0.717, 1.165) is 17.5 Å². The maximum atomic E-state index is 12.6. The molecule has 0 bridgehead atoms. The summed E-state index contributed by atoms with van der Waals surface area (Å²) >= 11 is 0. The Bertz CT molecular complexity index is 571. The third kappa shape index (κ3) is 4.71. The van der Waals surface area contributed by atoms with E-state index in [4.69, 9.17) is 4.74 Å². The summed E-state index contributed by atoms with van der Waals surface area (Å²) < 4.78 is 5.04. The number of amides is 2. The highest BCUT2D eigenvalue weighted by molar-refractivity contribution is 5.79.